The summed E-state index contributed by atoms with van der Waals surface area (Å²) in [6, 6.07) is 1.99. The number of nitrogens with one attached hydrogen (secondary N) is 1. The molecule has 1 aliphatic rings. The predicted octanol–water partition coefficient (Wildman–Crippen LogP) is 2.39. The van der Waals surface area contributed by atoms with Crippen LogP contribution in [0.2, 0.25) is 0 Å². The highest BCUT2D eigenvalue weighted by Crippen LogP contribution is 2.37. The van der Waals surface area contributed by atoms with Crippen LogP contribution < -0.4 is 10.1 Å². The van der Waals surface area contributed by atoms with Crippen LogP contribution in [0.15, 0.2) is 17.2 Å². The summed E-state index contributed by atoms with van der Waals surface area (Å²) >= 11 is 1.69. The van der Waals surface area contributed by atoms with Gasteiger partial charge in [0.25, 0.3) is 0 Å². The monoisotopic (exact) mass is 210 g/mol. The van der Waals surface area contributed by atoms with E-state index in [-0.39, 0.29) is 0 Å². The maximum absolute atomic E-state index is 5.82. The molecular formula is C10H14N2OS. The maximum atomic E-state index is 5.82. The molecule has 14 heavy (non-hydrogen) atoms. The first kappa shape index (κ1) is 9.65. The lowest BCUT2D eigenvalue weighted by Crippen LogP contribution is -2.03. The average molecular weight is 210 g/mol. The number of thioether (sulfide) groups is 1. The molecule has 1 saturated carbocycles. The summed E-state index contributed by atoms with van der Waals surface area (Å²) in [5, 5.41) is 3.05. The second kappa shape index (κ2) is 4.09. The second-order valence-corrected chi connectivity index (χ2v) is 4.11. The zero-order valence-corrected chi connectivity index (χ0v) is 9.23. The minimum absolute atomic E-state index is 0.414. The standard InChI is InChI=1S/C10H14N2OS/c1-11-10-9(13-7-3-4-7)8(14-2)5-6-12-10/h5-7H,3-4H2,1-2H3,(H,11,12). The Morgan fingerprint density at radius 1 is 1.57 bits per heavy atom. The van der Waals surface area contributed by atoms with Crippen LogP contribution in [0.25, 0.3) is 0 Å². The molecule has 0 spiro atoms. The minimum atomic E-state index is 0.414. The van der Waals surface area contributed by atoms with Crippen molar-refractivity contribution in [2.24, 2.45) is 0 Å². The van der Waals surface area contributed by atoms with E-state index in [0.717, 1.165) is 16.5 Å². The first-order chi connectivity index (χ1) is 6.85. The Hall–Kier alpha value is -0.900. The first-order valence-electron chi connectivity index (χ1n) is 4.72. The van der Waals surface area contributed by atoms with Gasteiger partial charge in [0.15, 0.2) is 11.6 Å². The smallest absolute Gasteiger partial charge is 0.175 e. The van der Waals surface area contributed by atoms with Crippen LogP contribution in [0.5, 0.6) is 5.75 Å². The summed E-state index contributed by atoms with van der Waals surface area (Å²) < 4.78 is 5.82. The van der Waals surface area contributed by atoms with Gasteiger partial charge in [-0.2, -0.15) is 0 Å². The van der Waals surface area contributed by atoms with Crippen LogP contribution in [-0.2, 0) is 0 Å². The first-order valence-corrected chi connectivity index (χ1v) is 5.95. The number of hydrogen-bond donors (Lipinski definition) is 1. The second-order valence-electron chi connectivity index (χ2n) is 3.26. The average Bonchev–Trinajstić information content (AvgIpc) is 3.02. The van der Waals surface area contributed by atoms with E-state index < -0.39 is 0 Å². The quantitative estimate of drug-likeness (QED) is 0.774. The third kappa shape index (κ3) is 1.95. The highest BCUT2D eigenvalue weighted by molar-refractivity contribution is 7.98. The van der Waals surface area contributed by atoms with Gasteiger partial charge in [-0.25, -0.2) is 4.98 Å². The van der Waals surface area contributed by atoms with Crippen molar-refractivity contribution in [3.05, 3.63) is 12.3 Å². The van der Waals surface area contributed by atoms with Gasteiger partial charge in [-0.3, -0.25) is 0 Å². The van der Waals surface area contributed by atoms with Gasteiger partial charge in [0.2, 0.25) is 0 Å². The van der Waals surface area contributed by atoms with Gasteiger partial charge in [-0.05, 0) is 25.2 Å². The van der Waals surface area contributed by atoms with Gasteiger partial charge in [0.05, 0.1) is 11.0 Å². The van der Waals surface area contributed by atoms with E-state index in [9.17, 15) is 0 Å². The van der Waals surface area contributed by atoms with Gasteiger partial charge < -0.3 is 10.1 Å². The summed E-state index contributed by atoms with van der Waals surface area (Å²) in [5.41, 5.74) is 0. The number of aromatic nitrogens is 1. The van der Waals surface area contributed by atoms with Crippen molar-refractivity contribution < 1.29 is 4.74 Å². The summed E-state index contributed by atoms with van der Waals surface area (Å²) in [4.78, 5) is 5.39. The number of ether oxygens (including phenoxy) is 1. The normalized spacial score (nSPS) is 15.3. The Morgan fingerprint density at radius 2 is 2.36 bits per heavy atom. The molecule has 1 aromatic rings. The fourth-order valence-electron chi connectivity index (χ4n) is 1.24. The van der Waals surface area contributed by atoms with Crippen molar-refractivity contribution in [2.75, 3.05) is 18.6 Å². The Morgan fingerprint density at radius 3 is 2.93 bits per heavy atom. The number of nitrogens with zero attached hydrogens (tertiary/aromatic N) is 1. The van der Waals surface area contributed by atoms with Crippen molar-refractivity contribution >= 4 is 17.6 Å². The molecule has 1 N–H and O–H groups in total. The number of anilines is 1. The molecular weight excluding hydrogens is 196 g/mol. The van der Waals surface area contributed by atoms with Crippen molar-refractivity contribution in [1.29, 1.82) is 0 Å². The molecule has 0 radical (unpaired) electrons. The third-order valence-corrected chi connectivity index (χ3v) is 2.90. The topological polar surface area (TPSA) is 34.2 Å². The van der Waals surface area contributed by atoms with E-state index in [0.29, 0.717) is 6.10 Å². The Labute approximate surface area is 88.3 Å². The molecule has 76 valence electrons. The zero-order valence-electron chi connectivity index (χ0n) is 8.41. The molecule has 3 nitrogen and oxygen atoms in total. The molecule has 0 unspecified atom stereocenters. The maximum Gasteiger partial charge on any atom is 0.175 e. The Balaban J connectivity index is 2.29. The van der Waals surface area contributed by atoms with Gasteiger partial charge in [-0.1, -0.05) is 0 Å². The van der Waals surface area contributed by atoms with E-state index >= 15 is 0 Å². The van der Waals surface area contributed by atoms with Crippen LogP contribution in [-0.4, -0.2) is 24.4 Å². The molecule has 0 aliphatic heterocycles. The number of rotatable bonds is 4. The molecule has 0 aromatic carbocycles. The Kier molecular flexibility index (Phi) is 2.82. The highest BCUT2D eigenvalue weighted by atomic mass is 32.2. The van der Waals surface area contributed by atoms with Crippen molar-refractivity contribution in [1.82, 2.24) is 4.98 Å². The van der Waals surface area contributed by atoms with E-state index in [2.05, 4.69) is 16.6 Å². The molecule has 2 rings (SSSR count). The van der Waals surface area contributed by atoms with Gasteiger partial charge in [0.1, 0.15) is 0 Å². The number of pyridine rings is 1. The van der Waals surface area contributed by atoms with E-state index in [4.69, 9.17) is 4.74 Å². The molecule has 1 heterocycles. The molecule has 0 amide bonds. The Bertz CT molecular complexity index is 304. The molecule has 4 heteroatoms. The van der Waals surface area contributed by atoms with Crippen molar-refractivity contribution in [3.8, 4) is 5.75 Å². The lowest BCUT2D eigenvalue weighted by Gasteiger charge is -2.12. The molecule has 1 aromatic heterocycles. The largest absolute Gasteiger partial charge is 0.485 e. The summed E-state index contributed by atoms with van der Waals surface area (Å²) in [6.07, 6.45) is 6.61. The van der Waals surface area contributed by atoms with Crippen LogP contribution in [0, 0.1) is 0 Å². The van der Waals surface area contributed by atoms with Gasteiger partial charge in [-0.15, -0.1) is 11.8 Å². The van der Waals surface area contributed by atoms with Gasteiger partial charge >= 0.3 is 0 Å². The summed E-state index contributed by atoms with van der Waals surface area (Å²) in [6.45, 7) is 0. The van der Waals surface area contributed by atoms with E-state index in [1.807, 2.05) is 13.1 Å². The molecule has 0 saturated heterocycles. The summed E-state index contributed by atoms with van der Waals surface area (Å²) in [5.74, 6) is 1.74. The van der Waals surface area contributed by atoms with Crippen LogP contribution in [0.4, 0.5) is 5.82 Å². The van der Waals surface area contributed by atoms with Crippen molar-refractivity contribution in [2.45, 2.75) is 23.8 Å². The van der Waals surface area contributed by atoms with Gasteiger partial charge in [0, 0.05) is 13.2 Å². The van der Waals surface area contributed by atoms with E-state index in [1.54, 1.807) is 18.0 Å². The molecule has 0 bridgehead atoms. The zero-order chi connectivity index (χ0) is 9.97. The predicted molar refractivity (Wildman–Crippen MR) is 59.2 cm³/mol. The highest BCUT2D eigenvalue weighted by Gasteiger charge is 2.26. The fraction of sp³-hybridized carbons (Fsp3) is 0.500. The SMILES string of the molecule is CNc1nccc(SC)c1OC1CC1. The lowest BCUT2D eigenvalue weighted by atomic mass is 10.4. The lowest BCUT2D eigenvalue weighted by molar-refractivity contribution is 0.296. The molecule has 0 atom stereocenters. The molecule has 1 aliphatic carbocycles. The minimum Gasteiger partial charge on any atom is -0.485 e. The third-order valence-electron chi connectivity index (χ3n) is 2.13. The van der Waals surface area contributed by atoms with Crippen LogP contribution in [0.1, 0.15) is 12.8 Å². The van der Waals surface area contributed by atoms with Crippen LogP contribution in [0.3, 0.4) is 0 Å². The summed E-state index contributed by atoms with van der Waals surface area (Å²) in [7, 11) is 1.87. The fourth-order valence-corrected chi connectivity index (χ4v) is 1.76. The van der Waals surface area contributed by atoms with Crippen LogP contribution >= 0.6 is 11.8 Å². The number of hydrogen-bond acceptors (Lipinski definition) is 4. The van der Waals surface area contributed by atoms with Crippen molar-refractivity contribution in [3.63, 3.8) is 0 Å². The molecule has 1 fully saturated rings. The van der Waals surface area contributed by atoms with E-state index in [1.165, 1.54) is 12.8 Å².